The van der Waals surface area contributed by atoms with Crippen LogP contribution in [0.5, 0.6) is 0 Å². The lowest BCUT2D eigenvalue weighted by Gasteiger charge is -1.89. The molecule has 0 fully saturated rings. The molecule has 45 valence electrons. The molecule has 5 nitrogen and oxygen atoms in total. The highest BCUT2D eigenvalue weighted by molar-refractivity contribution is 5.93. The summed E-state index contributed by atoms with van der Waals surface area (Å²) < 4.78 is 0. The zero-order valence-corrected chi connectivity index (χ0v) is 4.50. The van der Waals surface area contributed by atoms with Crippen molar-refractivity contribution in [1.29, 1.82) is 5.41 Å². The van der Waals surface area contributed by atoms with Crippen LogP contribution in [0.1, 0.15) is 5.56 Å². The van der Waals surface area contributed by atoms with Crippen LogP contribution in [-0.4, -0.2) is 21.2 Å². The number of nitrogen functional groups attached to an aromatic ring is 1. The van der Waals surface area contributed by atoms with Crippen molar-refractivity contribution in [3.8, 4) is 0 Å². The summed E-state index contributed by atoms with van der Waals surface area (Å²) in [4.78, 5) is 0. The molecule has 1 rings (SSSR count). The van der Waals surface area contributed by atoms with Crippen molar-refractivity contribution in [3.63, 3.8) is 0 Å². The number of hydrogen-bond donors (Lipinski definition) is 2. The second kappa shape index (κ2) is 2.17. The third-order valence-electron chi connectivity index (χ3n) is 0.744. The number of amidine groups is 1. The second-order valence-corrected chi connectivity index (χ2v) is 1.37. The van der Waals surface area contributed by atoms with E-state index in [0.717, 1.165) is 0 Å². The van der Waals surface area contributed by atoms with Crippen LogP contribution in [0.3, 0.4) is 0 Å². The lowest BCUT2D eigenvalue weighted by Crippen LogP contribution is -2.12. The van der Waals surface area contributed by atoms with Gasteiger partial charge in [0.25, 0.3) is 0 Å². The quantitative estimate of drug-likeness (QED) is 0.367. The van der Waals surface area contributed by atoms with Crippen LogP contribution in [0.15, 0.2) is 6.20 Å². The Hall–Kier alpha value is -1.52. The Morgan fingerprint density at radius 3 is 2.89 bits per heavy atom. The van der Waals surface area contributed by atoms with Gasteiger partial charge < -0.3 is 5.73 Å². The average molecular weight is 122 g/mol. The van der Waals surface area contributed by atoms with Crippen molar-refractivity contribution in [2.24, 2.45) is 5.73 Å². The van der Waals surface area contributed by atoms with Crippen molar-refractivity contribution in [1.82, 2.24) is 15.4 Å². The van der Waals surface area contributed by atoms with Gasteiger partial charge in [-0.15, -0.1) is 10.2 Å². The number of rotatable bonds is 1. The van der Waals surface area contributed by atoms with Crippen LogP contribution >= 0.6 is 0 Å². The molecule has 0 unspecified atom stereocenters. The smallest absolute Gasteiger partial charge is 0.128 e. The summed E-state index contributed by atoms with van der Waals surface area (Å²) >= 11 is 0. The van der Waals surface area contributed by atoms with E-state index >= 15 is 0 Å². The minimum absolute atomic E-state index is 0.0996. The Labute approximate surface area is 51.4 Å². The van der Waals surface area contributed by atoms with Crippen LogP contribution in [0, 0.1) is 11.6 Å². The fraction of sp³-hybridized carbons (Fsp3) is 0. The van der Waals surface area contributed by atoms with Crippen molar-refractivity contribution < 1.29 is 0 Å². The molecule has 1 radical (unpaired) electrons. The summed E-state index contributed by atoms with van der Waals surface area (Å²) in [6.45, 7) is 0. The zero-order valence-electron chi connectivity index (χ0n) is 4.50. The minimum Gasteiger partial charge on any atom is -0.384 e. The Bertz CT molecular complexity index is 205. The first kappa shape index (κ1) is 5.61. The monoisotopic (exact) mass is 122 g/mol. The van der Waals surface area contributed by atoms with Gasteiger partial charge in [0.15, 0.2) is 0 Å². The van der Waals surface area contributed by atoms with E-state index in [-0.39, 0.29) is 5.84 Å². The molecule has 0 aliphatic rings. The molecule has 9 heavy (non-hydrogen) atoms. The van der Waals surface area contributed by atoms with E-state index in [4.69, 9.17) is 11.1 Å². The van der Waals surface area contributed by atoms with Gasteiger partial charge in [-0.05, 0) is 5.21 Å². The Kier molecular flexibility index (Phi) is 1.35. The molecule has 0 spiro atoms. The topological polar surface area (TPSA) is 88.5 Å². The maximum atomic E-state index is 6.87. The summed E-state index contributed by atoms with van der Waals surface area (Å²) in [6, 6.07) is 0. The van der Waals surface area contributed by atoms with E-state index in [1.54, 1.807) is 0 Å². The Morgan fingerprint density at radius 1 is 1.78 bits per heavy atom. The molecule has 0 saturated carbocycles. The van der Waals surface area contributed by atoms with E-state index in [1.165, 1.54) is 6.20 Å². The van der Waals surface area contributed by atoms with Gasteiger partial charge in [-0.3, -0.25) is 5.41 Å². The summed E-state index contributed by atoms with van der Waals surface area (Å²) in [5.74, 6) is -0.0996. The first-order valence-corrected chi connectivity index (χ1v) is 2.21. The highest BCUT2D eigenvalue weighted by Gasteiger charge is 1.93. The van der Waals surface area contributed by atoms with Gasteiger partial charge in [-0.1, -0.05) is 0 Å². The summed E-state index contributed by atoms with van der Waals surface area (Å²) in [6.07, 6.45) is 3.72. The SMILES string of the molecule is N=C(N)c1[c]nnnc1. The molecular formula is C4H4N5. The van der Waals surface area contributed by atoms with Crippen LogP contribution in [-0.2, 0) is 0 Å². The highest BCUT2D eigenvalue weighted by atomic mass is 15.3. The molecule has 0 saturated heterocycles. The average Bonchev–Trinajstić information content (AvgIpc) is 1.90. The Balaban J connectivity index is 2.98. The van der Waals surface area contributed by atoms with Gasteiger partial charge in [-0.25, -0.2) is 0 Å². The first-order valence-electron chi connectivity index (χ1n) is 2.21. The zero-order chi connectivity index (χ0) is 6.69. The summed E-state index contributed by atoms with van der Waals surface area (Å²) in [7, 11) is 0. The molecule has 0 aromatic carbocycles. The van der Waals surface area contributed by atoms with Crippen LogP contribution < -0.4 is 5.73 Å². The van der Waals surface area contributed by atoms with E-state index in [2.05, 4.69) is 21.6 Å². The van der Waals surface area contributed by atoms with Crippen LogP contribution in [0.2, 0.25) is 0 Å². The molecule has 0 aliphatic carbocycles. The maximum absolute atomic E-state index is 6.87. The lowest BCUT2D eigenvalue weighted by molar-refractivity contribution is 0.855. The minimum atomic E-state index is -0.0996. The van der Waals surface area contributed by atoms with Crippen molar-refractivity contribution >= 4 is 5.84 Å². The number of nitrogens with zero attached hydrogens (tertiary/aromatic N) is 3. The predicted octanol–water partition coefficient (Wildman–Crippen LogP) is -1.04. The normalized spacial score (nSPS) is 8.89. The van der Waals surface area contributed by atoms with Crippen LogP contribution in [0.4, 0.5) is 0 Å². The van der Waals surface area contributed by atoms with Gasteiger partial charge in [0, 0.05) is 0 Å². The molecule has 5 heteroatoms. The molecule has 1 heterocycles. The Morgan fingerprint density at radius 2 is 2.56 bits per heavy atom. The first-order chi connectivity index (χ1) is 4.30. The molecule has 1 aromatic heterocycles. The second-order valence-electron chi connectivity index (χ2n) is 1.37. The predicted molar refractivity (Wildman–Crippen MR) is 29.7 cm³/mol. The van der Waals surface area contributed by atoms with Crippen molar-refractivity contribution in [2.45, 2.75) is 0 Å². The van der Waals surface area contributed by atoms with Crippen molar-refractivity contribution in [2.75, 3.05) is 0 Å². The molecule has 0 atom stereocenters. The largest absolute Gasteiger partial charge is 0.384 e. The van der Waals surface area contributed by atoms with Gasteiger partial charge in [0.2, 0.25) is 0 Å². The maximum Gasteiger partial charge on any atom is 0.128 e. The molecule has 3 N–H and O–H groups in total. The molecule has 1 aromatic rings. The van der Waals surface area contributed by atoms with Crippen LogP contribution in [0.25, 0.3) is 0 Å². The molecule has 0 bridgehead atoms. The van der Waals surface area contributed by atoms with Gasteiger partial charge >= 0.3 is 0 Å². The molecule has 0 aliphatic heterocycles. The number of hydrogen-bond acceptors (Lipinski definition) is 4. The number of nitrogens with one attached hydrogen (secondary N) is 1. The van der Waals surface area contributed by atoms with E-state index in [0.29, 0.717) is 5.56 Å². The van der Waals surface area contributed by atoms with E-state index < -0.39 is 0 Å². The molecular weight excluding hydrogens is 118 g/mol. The van der Waals surface area contributed by atoms with E-state index in [9.17, 15) is 0 Å². The molecule has 0 amide bonds. The summed E-state index contributed by atoms with van der Waals surface area (Å²) in [5, 5.41) is 16.8. The third-order valence-corrected chi connectivity index (χ3v) is 0.744. The fourth-order valence-corrected chi connectivity index (χ4v) is 0.344. The highest BCUT2D eigenvalue weighted by Crippen LogP contribution is 1.85. The van der Waals surface area contributed by atoms with Gasteiger partial charge in [-0.2, -0.15) is 0 Å². The third kappa shape index (κ3) is 1.18. The van der Waals surface area contributed by atoms with Crippen molar-refractivity contribution in [3.05, 3.63) is 18.0 Å². The fourth-order valence-electron chi connectivity index (χ4n) is 0.344. The standard InChI is InChI=1S/C4H4N5/c5-4(6)3-1-7-9-8-2-3/h1H,(H3,5,6). The summed E-state index contributed by atoms with van der Waals surface area (Å²) in [5.41, 5.74) is 5.42. The lowest BCUT2D eigenvalue weighted by atomic mass is 10.3. The van der Waals surface area contributed by atoms with Gasteiger partial charge in [0.1, 0.15) is 12.0 Å². The van der Waals surface area contributed by atoms with E-state index in [1.807, 2.05) is 0 Å². The number of aromatic nitrogens is 3. The number of nitrogens with two attached hydrogens (primary N) is 1. The van der Waals surface area contributed by atoms with Gasteiger partial charge in [0.05, 0.1) is 11.8 Å².